The molecule has 2 aromatic carbocycles. The second-order valence-electron chi connectivity index (χ2n) is 6.65. The summed E-state index contributed by atoms with van der Waals surface area (Å²) in [6, 6.07) is 13.9. The van der Waals surface area contributed by atoms with Crippen molar-refractivity contribution >= 4 is 33.6 Å². The topological polar surface area (TPSA) is 68.5 Å². The van der Waals surface area contributed by atoms with Crippen LogP contribution in [0.2, 0.25) is 0 Å². The van der Waals surface area contributed by atoms with E-state index in [1.54, 1.807) is 11.9 Å². The van der Waals surface area contributed by atoms with Gasteiger partial charge in [-0.1, -0.05) is 58.0 Å². The van der Waals surface area contributed by atoms with Crippen molar-refractivity contribution in [2.45, 2.75) is 32.2 Å². The molecule has 152 valence electrons. The Bertz CT molecular complexity index is 993. The van der Waals surface area contributed by atoms with Crippen LogP contribution in [-0.4, -0.2) is 33.8 Å². The molecule has 0 unspecified atom stereocenters. The maximum absolute atomic E-state index is 12.4. The van der Waals surface area contributed by atoms with Crippen molar-refractivity contribution in [3.8, 4) is 5.75 Å². The molecule has 6 nitrogen and oxygen atoms in total. The maximum Gasteiger partial charge on any atom is 0.277 e. The molecular formula is C21H22BrN3O3S. The van der Waals surface area contributed by atoms with Gasteiger partial charge in [0.1, 0.15) is 5.75 Å². The maximum atomic E-state index is 12.4. The molecular weight excluding hydrogens is 454 g/mol. The number of benzene rings is 2. The minimum absolute atomic E-state index is 0.0165. The molecule has 1 heterocycles. The first kappa shape index (κ1) is 21.4. The highest BCUT2D eigenvalue weighted by Crippen LogP contribution is 2.22. The zero-order valence-corrected chi connectivity index (χ0v) is 18.9. The molecule has 3 aromatic rings. The van der Waals surface area contributed by atoms with E-state index in [0.29, 0.717) is 17.7 Å². The fourth-order valence-corrected chi connectivity index (χ4v) is 3.69. The van der Waals surface area contributed by atoms with Crippen LogP contribution in [0.5, 0.6) is 5.75 Å². The first-order valence-corrected chi connectivity index (χ1v) is 10.8. The molecule has 0 aliphatic heterocycles. The van der Waals surface area contributed by atoms with Gasteiger partial charge in [0.15, 0.2) is 6.61 Å². The van der Waals surface area contributed by atoms with Crippen molar-refractivity contribution in [2.24, 2.45) is 0 Å². The van der Waals surface area contributed by atoms with Gasteiger partial charge < -0.3 is 14.1 Å². The van der Waals surface area contributed by atoms with Gasteiger partial charge in [-0.2, -0.15) is 0 Å². The number of nitrogens with zero attached hydrogens (tertiary/aromatic N) is 3. The van der Waals surface area contributed by atoms with Gasteiger partial charge in [-0.25, -0.2) is 0 Å². The van der Waals surface area contributed by atoms with Gasteiger partial charge in [-0.15, -0.1) is 10.2 Å². The van der Waals surface area contributed by atoms with Crippen LogP contribution in [0, 0.1) is 13.8 Å². The van der Waals surface area contributed by atoms with Crippen LogP contribution in [0.3, 0.4) is 0 Å². The monoisotopic (exact) mass is 475 g/mol. The highest BCUT2D eigenvalue weighted by atomic mass is 79.9. The molecule has 0 atom stereocenters. The van der Waals surface area contributed by atoms with Crippen molar-refractivity contribution in [3.05, 3.63) is 69.5 Å². The summed E-state index contributed by atoms with van der Waals surface area (Å²) in [7, 11) is 1.78. The van der Waals surface area contributed by atoms with Gasteiger partial charge >= 0.3 is 0 Å². The molecule has 0 fully saturated rings. The second-order valence-corrected chi connectivity index (χ2v) is 8.43. The number of halogens is 1. The molecule has 0 spiro atoms. The van der Waals surface area contributed by atoms with Crippen molar-refractivity contribution in [3.63, 3.8) is 0 Å². The minimum atomic E-state index is -0.0165. The van der Waals surface area contributed by atoms with E-state index >= 15 is 0 Å². The Hall–Kier alpha value is -2.32. The summed E-state index contributed by atoms with van der Waals surface area (Å²) in [5.74, 6) is 1.38. The summed E-state index contributed by atoms with van der Waals surface area (Å²) in [5.41, 5.74) is 3.22. The van der Waals surface area contributed by atoms with Crippen LogP contribution < -0.4 is 4.74 Å². The average Bonchev–Trinajstić information content (AvgIpc) is 3.16. The number of hydrogen-bond acceptors (Lipinski definition) is 6. The number of hydrogen-bond donors (Lipinski definition) is 0. The normalized spacial score (nSPS) is 10.8. The fourth-order valence-electron chi connectivity index (χ4n) is 2.56. The predicted molar refractivity (Wildman–Crippen MR) is 116 cm³/mol. The molecule has 1 amide bonds. The number of thioether (sulfide) groups is 1. The summed E-state index contributed by atoms with van der Waals surface area (Å²) in [6.45, 7) is 4.71. The second kappa shape index (κ2) is 9.93. The summed E-state index contributed by atoms with van der Waals surface area (Å²) in [4.78, 5) is 14.1. The first-order valence-electron chi connectivity index (χ1n) is 9.05. The Labute approximate surface area is 182 Å². The molecule has 0 N–H and O–H groups in total. The van der Waals surface area contributed by atoms with Gasteiger partial charge in [0.05, 0.1) is 5.75 Å². The highest BCUT2D eigenvalue weighted by Gasteiger charge is 2.14. The Morgan fingerprint density at radius 3 is 2.79 bits per heavy atom. The number of amides is 1. The minimum Gasteiger partial charge on any atom is -0.484 e. The van der Waals surface area contributed by atoms with E-state index in [-0.39, 0.29) is 18.3 Å². The predicted octanol–water partition coefficient (Wildman–Crippen LogP) is 4.78. The summed E-state index contributed by atoms with van der Waals surface area (Å²) in [6.07, 6.45) is 0. The molecule has 3 rings (SSSR count). The number of rotatable bonds is 8. The quantitative estimate of drug-likeness (QED) is 0.436. The third-order valence-corrected chi connectivity index (χ3v) is 5.83. The SMILES string of the molecule is Cc1ccc(C)c(OCc2nnc(SCC(=O)N(C)Cc3ccccc3Br)o2)c1. The number of carbonyl (C=O) groups excluding carboxylic acids is 1. The number of ether oxygens (including phenoxy) is 1. The number of aryl methyl sites for hydroxylation is 2. The molecule has 0 bridgehead atoms. The largest absolute Gasteiger partial charge is 0.484 e. The molecule has 29 heavy (non-hydrogen) atoms. The number of carbonyl (C=O) groups is 1. The lowest BCUT2D eigenvalue weighted by Crippen LogP contribution is -2.27. The van der Waals surface area contributed by atoms with Gasteiger partial charge in [0, 0.05) is 18.1 Å². The highest BCUT2D eigenvalue weighted by molar-refractivity contribution is 9.10. The zero-order valence-electron chi connectivity index (χ0n) is 16.5. The third-order valence-electron chi connectivity index (χ3n) is 4.25. The molecule has 0 aliphatic rings. The van der Waals surface area contributed by atoms with Gasteiger partial charge in [0.2, 0.25) is 5.91 Å². The molecule has 0 aliphatic carbocycles. The van der Waals surface area contributed by atoms with E-state index in [2.05, 4.69) is 26.1 Å². The van der Waals surface area contributed by atoms with Crippen LogP contribution >= 0.6 is 27.7 Å². The van der Waals surface area contributed by atoms with Gasteiger partial charge in [-0.05, 0) is 42.7 Å². The van der Waals surface area contributed by atoms with Crippen LogP contribution in [0.1, 0.15) is 22.6 Å². The average molecular weight is 476 g/mol. The van der Waals surface area contributed by atoms with E-state index < -0.39 is 0 Å². The lowest BCUT2D eigenvalue weighted by atomic mass is 10.1. The van der Waals surface area contributed by atoms with Crippen LogP contribution in [0.4, 0.5) is 0 Å². The molecule has 0 saturated heterocycles. The Kier molecular flexibility index (Phi) is 7.33. The number of aromatic nitrogens is 2. The molecule has 0 radical (unpaired) electrons. The smallest absolute Gasteiger partial charge is 0.277 e. The van der Waals surface area contributed by atoms with Crippen molar-refractivity contribution < 1.29 is 13.9 Å². The van der Waals surface area contributed by atoms with Crippen molar-refractivity contribution in [1.29, 1.82) is 0 Å². The molecule has 8 heteroatoms. The van der Waals surface area contributed by atoms with Crippen LogP contribution in [0.15, 0.2) is 56.6 Å². The fraction of sp³-hybridized carbons (Fsp3) is 0.286. The Morgan fingerprint density at radius 1 is 1.21 bits per heavy atom. The van der Waals surface area contributed by atoms with Gasteiger partial charge in [0.25, 0.3) is 11.1 Å². The Balaban J connectivity index is 1.49. The molecule has 0 saturated carbocycles. The Morgan fingerprint density at radius 2 is 2.00 bits per heavy atom. The lowest BCUT2D eigenvalue weighted by molar-refractivity contribution is -0.127. The van der Waals surface area contributed by atoms with E-state index in [1.807, 2.05) is 56.3 Å². The summed E-state index contributed by atoms with van der Waals surface area (Å²) < 4.78 is 12.3. The zero-order chi connectivity index (χ0) is 20.8. The van der Waals surface area contributed by atoms with Gasteiger partial charge in [-0.3, -0.25) is 4.79 Å². The van der Waals surface area contributed by atoms with E-state index in [1.165, 1.54) is 11.8 Å². The summed E-state index contributed by atoms with van der Waals surface area (Å²) in [5, 5.41) is 8.33. The summed E-state index contributed by atoms with van der Waals surface area (Å²) >= 11 is 4.72. The van der Waals surface area contributed by atoms with Crippen LogP contribution in [0.25, 0.3) is 0 Å². The third kappa shape index (κ3) is 6.08. The van der Waals surface area contributed by atoms with Crippen molar-refractivity contribution in [1.82, 2.24) is 15.1 Å². The molecule has 1 aromatic heterocycles. The standard InChI is InChI=1S/C21H22BrN3O3S/c1-14-8-9-15(2)18(10-14)27-12-19-23-24-21(28-19)29-13-20(26)25(3)11-16-6-4-5-7-17(16)22/h4-10H,11-13H2,1-3H3. The van der Waals surface area contributed by atoms with E-state index in [0.717, 1.165) is 26.9 Å². The van der Waals surface area contributed by atoms with Crippen molar-refractivity contribution in [2.75, 3.05) is 12.8 Å². The van der Waals surface area contributed by atoms with E-state index in [9.17, 15) is 4.79 Å². The lowest BCUT2D eigenvalue weighted by Gasteiger charge is -2.17. The first-order chi connectivity index (χ1) is 13.9. The van der Waals surface area contributed by atoms with E-state index in [4.69, 9.17) is 9.15 Å². The van der Waals surface area contributed by atoms with Crippen LogP contribution in [-0.2, 0) is 17.9 Å².